The summed E-state index contributed by atoms with van der Waals surface area (Å²) in [5, 5.41) is 0. The molecule has 1 saturated carbocycles. The molecule has 0 radical (unpaired) electrons. The van der Waals surface area contributed by atoms with Gasteiger partial charge in [-0.15, -0.1) is 0 Å². The van der Waals surface area contributed by atoms with Gasteiger partial charge in [-0.25, -0.2) is 0 Å². The number of amides is 1. The van der Waals surface area contributed by atoms with Crippen molar-refractivity contribution in [3.63, 3.8) is 0 Å². The van der Waals surface area contributed by atoms with Crippen LogP contribution in [0.4, 0.5) is 0 Å². The molecule has 1 aliphatic carbocycles. The van der Waals surface area contributed by atoms with Crippen LogP contribution in [0.25, 0.3) is 0 Å². The van der Waals surface area contributed by atoms with Crippen LogP contribution in [0.15, 0.2) is 0 Å². The largest absolute Gasteiger partial charge is 0.341 e. The Labute approximate surface area is 111 Å². The van der Waals surface area contributed by atoms with Gasteiger partial charge in [0.25, 0.3) is 0 Å². The van der Waals surface area contributed by atoms with Gasteiger partial charge >= 0.3 is 0 Å². The molecule has 0 aromatic carbocycles. The van der Waals surface area contributed by atoms with Crippen molar-refractivity contribution in [3.05, 3.63) is 0 Å². The van der Waals surface area contributed by atoms with Gasteiger partial charge in [0.15, 0.2) is 0 Å². The maximum absolute atomic E-state index is 12.4. The van der Waals surface area contributed by atoms with Gasteiger partial charge in [-0.3, -0.25) is 4.79 Å². The van der Waals surface area contributed by atoms with Crippen LogP contribution in [-0.4, -0.2) is 29.9 Å². The highest BCUT2D eigenvalue weighted by Crippen LogP contribution is 2.36. The van der Waals surface area contributed by atoms with Crippen molar-refractivity contribution in [1.29, 1.82) is 0 Å². The van der Waals surface area contributed by atoms with E-state index in [-0.39, 0.29) is 11.9 Å². The van der Waals surface area contributed by atoms with E-state index < -0.39 is 0 Å². The first-order valence-corrected chi connectivity index (χ1v) is 7.67. The molecule has 0 aromatic rings. The number of piperidine rings is 1. The first kappa shape index (κ1) is 13.9. The molecule has 3 nitrogen and oxygen atoms in total. The summed E-state index contributed by atoms with van der Waals surface area (Å²) in [7, 11) is 0. The lowest BCUT2D eigenvalue weighted by atomic mass is 9.75. The van der Waals surface area contributed by atoms with E-state index in [1.165, 1.54) is 32.1 Å². The molecule has 1 amide bonds. The van der Waals surface area contributed by atoms with Crippen molar-refractivity contribution in [1.82, 2.24) is 4.90 Å². The average Bonchev–Trinajstić information content (AvgIpc) is 2.44. The van der Waals surface area contributed by atoms with Crippen molar-refractivity contribution in [2.45, 2.75) is 58.4 Å². The molecule has 0 aromatic heterocycles. The summed E-state index contributed by atoms with van der Waals surface area (Å²) in [5.41, 5.74) is 6.08. The van der Waals surface area contributed by atoms with Crippen LogP contribution in [0, 0.1) is 17.8 Å². The minimum absolute atomic E-state index is 0.188. The molecular formula is C15H28N2O. The first-order chi connectivity index (χ1) is 8.63. The lowest BCUT2D eigenvalue weighted by molar-refractivity contribution is -0.136. The quantitative estimate of drug-likeness (QED) is 0.838. The maximum Gasteiger partial charge on any atom is 0.239 e. The summed E-state index contributed by atoms with van der Waals surface area (Å²) >= 11 is 0. The fourth-order valence-electron chi connectivity index (χ4n) is 3.51. The second kappa shape index (κ2) is 6.05. The Kier molecular flexibility index (Phi) is 4.66. The number of carbonyl (C=O) groups is 1. The van der Waals surface area contributed by atoms with Gasteiger partial charge in [0, 0.05) is 13.1 Å². The molecule has 2 aliphatic rings. The van der Waals surface area contributed by atoms with E-state index in [4.69, 9.17) is 5.73 Å². The van der Waals surface area contributed by atoms with Crippen molar-refractivity contribution in [2.24, 2.45) is 23.5 Å². The third-order valence-corrected chi connectivity index (χ3v) is 5.15. The fraction of sp³-hybridized carbons (Fsp3) is 0.933. The predicted octanol–water partition coefficient (Wildman–Crippen LogP) is 2.40. The molecule has 18 heavy (non-hydrogen) atoms. The van der Waals surface area contributed by atoms with Crippen molar-refractivity contribution >= 4 is 5.91 Å². The number of nitrogens with two attached hydrogens (primary N) is 1. The molecular weight excluding hydrogens is 224 g/mol. The molecule has 1 heterocycles. The van der Waals surface area contributed by atoms with Gasteiger partial charge < -0.3 is 10.6 Å². The third-order valence-electron chi connectivity index (χ3n) is 5.15. The van der Waals surface area contributed by atoms with Crippen molar-refractivity contribution in [2.75, 3.05) is 13.1 Å². The summed E-state index contributed by atoms with van der Waals surface area (Å²) in [6, 6.07) is -0.296. The Morgan fingerprint density at radius 2 is 1.94 bits per heavy atom. The standard InChI is InChI=1S/C15H28N2O/c1-3-11(2)14(16)15(18)17-9-8-12-6-4-5-7-13(12)10-17/h11-14H,3-10,16H2,1-2H3/t11-,12?,13?,14-/m0/s1. The molecule has 0 bridgehead atoms. The summed E-state index contributed by atoms with van der Waals surface area (Å²) in [6.07, 6.45) is 7.61. The SMILES string of the molecule is CC[C@H](C)[C@H](N)C(=O)N1CCC2CCCCC2C1. The lowest BCUT2D eigenvalue weighted by Crippen LogP contribution is -2.52. The highest BCUT2D eigenvalue weighted by Gasteiger charge is 2.35. The van der Waals surface area contributed by atoms with Gasteiger partial charge in [-0.05, 0) is 30.6 Å². The molecule has 2 rings (SSSR count). The van der Waals surface area contributed by atoms with E-state index in [2.05, 4.69) is 13.8 Å². The number of carbonyl (C=O) groups excluding carboxylic acids is 1. The molecule has 4 atom stereocenters. The molecule has 3 heteroatoms. The Morgan fingerprint density at radius 1 is 1.28 bits per heavy atom. The zero-order chi connectivity index (χ0) is 13.1. The Balaban J connectivity index is 1.92. The van der Waals surface area contributed by atoms with E-state index in [9.17, 15) is 4.79 Å². The molecule has 104 valence electrons. The number of hydrogen-bond acceptors (Lipinski definition) is 2. The van der Waals surface area contributed by atoms with Gasteiger partial charge in [0.1, 0.15) is 0 Å². The van der Waals surface area contributed by atoms with Crippen LogP contribution < -0.4 is 5.73 Å². The van der Waals surface area contributed by atoms with Gasteiger partial charge in [-0.2, -0.15) is 0 Å². The summed E-state index contributed by atoms with van der Waals surface area (Å²) in [4.78, 5) is 14.4. The number of nitrogens with zero attached hydrogens (tertiary/aromatic N) is 1. The second-order valence-electron chi connectivity index (χ2n) is 6.29. The fourth-order valence-corrected chi connectivity index (χ4v) is 3.51. The van der Waals surface area contributed by atoms with Gasteiger partial charge in [0.05, 0.1) is 6.04 Å². The number of rotatable bonds is 3. The molecule has 1 saturated heterocycles. The van der Waals surface area contributed by atoms with Crippen LogP contribution in [0.2, 0.25) is 0 Å². The van der Waals surface area contributed by atoms with E-state index in [1.807, 2.05) is 4.90 Å². The van der Waals surface area contributed by atoms with Crippen LogP contribution in [0.1, 0.15) is 52.4 Å². The second-order valence-corrected chi connectivity index (χ2v) is 6.29. The first-order valence-electron chi connectivity index (χ1n) is 7.67. The summed E-state index contributed by atoms with van der Waals surface area (Å²) in [5.74, 6) is 2.11. The molecule has 2 fully saturated rings. The van der Waals surface area contributed by atoms with Gasteiger partial charge in [-0.1, -0.05) is 39.5 Å². The number of fused-ring (bicyclic) bond motifs is 1. The van der Waals surface area contributed by atoms with Crippen LogP contribution >= 0.6 is 0 Å². The summed E-state index contributed by atoms with van der Waals surface area (Å²) < 4.78 is 0. The molecule has 0 spiro atoms. The van der Waals surface area contributed by atoms with E-state index in [0.717, 1.165) is 31.3 Å². The van der Waals surface area contributed by atoms with E-state index in [0.29, 0.717) is 5.92 Å². The zero-order valence-corrected chi connectivity index (χ0v) is 11.9. The molecule has 2 unspecified atom stereocenters. The minimum Gasteiger partial charge on any atom is -0.341 e. The Bertz CT molecular complexity index is 292. The average molecular weight is 252 g/mol. The van der Waals surface area contributed by atoms with Crippen LogP contribution in [0.5, 0.6) is 0 Å². The van der Waals surface area contributed by atoms with Crippen LogP contribution in [-0.2, 0) is 4.79 Å². The predicted molar refractivity (Wildman–Crippen MR) is 74.1 cm³/mol. The third kappa shape index (κ3) is 2.87. The van der Waals surface area contributed by atoms with Crippen molar-refractivity contribution < 1.29 is 4.79 Å². The maximum atomic E-state index is 12.4. The van der Waals surface area contributed by atoms with Gasteiger partial charge in [0.2, 0.25) is 5.91 Å². The molecule has 1 aliphatic heterocycles. The van der Waals surface area contributed by atoms with E-state index >= 15 is 0 Å². The molecule has 2 N–H and O–H groups in total. The monoisotopic (exact) mass is 252 g/mol. The Hall–Kier alpha value is -0.570. The highest BCUT2D eigenvalue weighted by atomic mass is 16.2. The number of hydrogen-bond donors (Lipinski definition) is 1. The minimum atomic E-state index is -0.296. The number of likely N-dealkylation sites (tertiary alicyclic amines) is 1. The van der Waals surface area contributed by atoms with Crippen LogP contribution in [0.3, 0.4) is 0 Å². The normalized spacial score (nSPS) is 31.6. The smallest absolute Gasteiger partial charge is 0.239 e. The topological polar surface area (TPSA) is 46.3 Å². The Morgan fingerprint density at radius 3 is 2.61 bits per heavy atom. The zero-order valence-electron chi connectivity index (χ0n) is 11.9. The summed E-state index contributed by atoms with van der Waals surface area (Å²) in [6.45, 7) is 6.08. The van der Waals surface area contributed by atoms with E-state index in [1.54, 1.807) is 0 Å². The van der Waals surface area contributed by atoms with Crippen molar-refractivity contribution in [3.8, 4) is 0 Å². The lowest BCUT2D eigenvalue weighted by Gasteiger charge is -2.42. The highest BCUT2D eigenvalue weighted by molar-refractivity contribution is 5.82.